The van der Waals surface area contributed by atoms with E-state index >= 15 is 0 Å². The first kappa shape index (κ1) is 23.1. The molecule has 1 saturated heterocycles. The van der Waals surface area contributed by atoms with Gasteiger partial charge in [-0.3, -0.25) is 0 Å². The van der Waals surface area contributed by atoms with Crippen molar-refractivity contribution in [2.24, 2.45) is 52.3 Å². The molecule has 4 aliphatic rings. The first-order valence-corrected chi connectivity index (χ1v) is 13.9. The molecule has 1 nitrogen and oxygen atoms in total. The Hall–Kier alpha value is -0.0400. The molecule has 0 N–H and O–H groups in total. The van der Waals surface area contributed by atoms with Crippen molar-refractivity contribution in [2.75, 3.05) is 13.6 Å². The Labute approximate surface area is 189 Å². The average molecular weight is 416 g/mol. The van der Waals surface area contributed by atoms with Crippen LogP contribution in [0, 0.1) is 52.3 Å². The van der Waals surface area contributed by atoms with Crippen LogP contribution in [0.3, 0.4) is 0 Å². The minimum atomic E-state index is 0.604. The number of piperidine rings is 1. The fraction of sp³-hybridized carbons (Fsp3) is 1.00. The van der Waals surface area contributed by atoms with Gasteiger partial charge in [-0.1, -0.05) is 54.4 Å². The van der Waals surface area contributed by atoms with Gasteiger partial charge in [0.15, 0.2) is 0 Å². The van der Waals surface area contributed by atoms with E-state index in [4.69, 9.17) is 0 Å². The lowest BCUT2D eigenvalue weighted by atomic mass is 9.46. The maximum Gasteiger partial charge on any atom is 0.0149 e. The van der Waals surface area contributed by atoms with E-state index < -0.39 is 0 Å². The van der Waals surface area contributed by atoms with Crippen molar-refractivity contribution in [1.82, 2.24) is 4.90 Å². The van der Waals surface area contributed by atoms with E-state index in [1.165, 1.54) is 70.8 Å². The minimum Gasteiger partial charge on any atom is -0.303 e. The van der Waals surface area contributed by atoms with Crippen LogP contribution in [0.1, 0.15) is 112 Å². The Morgan fingerprint density at radius 2 is 1.60 bits per heavy atom. The van der Waals surface area contributed by atoms with Gasteiger partial charge in [0.1, 0.15) is 0 Å². The van der Waals surface area contributed by atoms with Crippen molar-refractivity contribution in [1.29, 1.82) is 0 Å². The van der Waals surface area contributed by atoms with Gasteiger partial charge in [0.2, 0.25) is 0 Å². The molecule has 9 atom stereocenters. The number of hydrogen-bond donors (Lipinski definition) is 0. The summed E-state index contributed by atoms with van der Waals surface area (Å²) in [7, 11) is 2.42. The molecular formula is C29H53N. The van der Waals surface area contributed by atoms with Crippen LogP contribution in [-0.4, -0.2) is 24.5 Å². The van der Waals surface area contributed by atoms with Gasteiger partial charge in [0.05, 0.1) is 0 Å². The van der Waals surface area contributed by atoms with Crippen molar-refractivity contribution in [2.45, 2.75) is 118 Å². The third-order valence-corrected chi connectivity index (χ3v) is 11.8. The van der Waals surface area contributed by atoms with Crippen molar-refractivity contribution < 1.29 is 0 Å². The number of rotatable bonds is 6. The summed E-state index contributed by atoms with van der Waals surface area (Å²) in [5.41, 5.74) is 1.25. The summed E-state index contributed by atoms with van der Waals surface area (Å²) in [4.78, 5) is 2.74. The zero-order chi connectivity index (χ0) is 21.7. The molecular weight excluding hydrogens is 362 g/mol. The molecule has 1 heterocycles. The topological polar surface area (TPSA) is 3.24 Å². The highest BCUT2D eigenvalue weighted by molar-refractivity contribution is 5.11. The van der Waals surface area contributed by atoms with E-state index in [1.807, 2.05) is 0 Å². The number of likely N-dealkylation sites (tertiary alicyclic amines) is 1. The zero-order valence-corrected chi connectivity index (χ0v) is 21.6. The molecule has 174 valence electrons. The molecule has 3 saturated carbocycles. The third-order valence-electron chi connectivity index (χ3n) is 11.8. The molecule has 0 aromatic rings. The lowest BCUT2D eigenvalue weighted by molar-refractivity contribution is -0.125. The number of fused-ring (bicyclic) bond motifs is 5. The molecule has 0 bridgehead atoms. The van der Waals surface area contributed by atoms with Crippen molar-refractivity contribution in [3.05, 3.63) is 0 Å². The summed E-state index contributed by atoms with van der Waals surface area (Å²) in [5, 5.41) is 0. The van der Waals surface area contributed by atoms with Crippen LogP contribution < -0.4 is 0 Å². The van der Waals surface area contributed by atoms with Crippen LogP contribution in [0.25, 0.3) is 0 Å². The molecule has 0 radical (unpaired) electrons. The molecule has 4 rings (SSSR count). The number of nitrogens with zero attached hydrogens (tertiary/aromatic N) is 1. The highest BCUT2D eigenvalue weighted by Crippen LogP contribution is 2.67. The van der Waals surface area contributed by atoms with Gasteiger partial charge in [0.25, 0.3) is 0 Å². The van der Waals surface area contributed by atoms with Crippen molar-refractivity contribution in [3.8, 4) is 0 Å². The molecule has 0 unspecified atom stereocenters. The Balaban J connectivity index is 1.46. The molecule has 4 fully saturated rings. The molecule has 30 heavy (non-hydrogen) atoms. The summed E-state index contributed by atoms with van der Waals surface area (Å²) in [6.07, 6.45) is 16.4. The van der Waals surface area contributed by atoms with Crippen molar-refractivity contribution >= 4 is 0 Å². The normalized spacial score (nSPS) is 46.2. The smallest absolute Gasteiger partial charge is 0.0149 e. The molecule has 1 heteroatoms. The second-order valence-corrected chi connectivity index (χ2v) is 13.3. The summed E-state index contributed by atoms with van der Waals surface area (Å²) < 4.78 is 0. The molecule has 0 spiro atoms. The Kier molecular flexibility index (Phi) is 6.72. The van der Waals surface area contributed by atoms with E-state index in [1.54, 1.807) is 6.42 Å². The first-order chi connectivity index (χ1) is 14.2. The third kappa shape index (κ3) is 3.72. The van der Waals surface area contributed by atoms with Crippen LogP contribution in [-0.2, 0) is 0 Å². The fourth-order valence-corrected chi connectivity index (χ4v) is 10.0. The Morgan fingerprint density at radius 3 is 2.30 bits per heavy atom. The average Bonchev–Trinajstić information content (AvgIpc) is 3.05. The molecule has 0 amide bonds. The maximum absolute atomic E-state index is 2.75. The predicted molar refractivity (Wildman–Crippen MR) is 131 cm³/mol. The van der Waals surface area contributed by atoms with Crippen LogP contribution >= 0.6 is 0 Å². The number of hydrogen-bond acceptors (Lipinski definition) is 1. The van der Waals surface area contributed by atoms with Crippen LogP contribution in [0.15, 0.2) is 0 Å². The van der Waals surface area contributed by atoms with Crippen LogP contribution in [0.5, 0.6) is 0 Å². The van der Waals surface area contributed by atoms with Gasteiger partial charge < -0.3 is 4.90 Å². The minimum absolute atomic E-state index is 0.604. The van der Waals surface area contributed by atoms with Gasteiger partial charge >= 0.3 is 0 Å². The summed E-state index contributed by atoms with van der Waals surface area (Å²) in [6.45, 7) is 16.7. The monoisotopic (exact) mass is 415 g/mol. The lowest BCUT2D eigenvalue weighted by Crippen LogP contribution is -2.60. The van der Waals surface area contributed by atoms with Crippen LogP contribution in [0.2, 0.25) is 0 Å². The Bertz CT molecular complexity index is 583. The summed E-state index contributed by atoms with van der Waals surface area (Å²) in [5.74, 6) is 6.79. The SMILES string of the molecule is CC[C@H](CC[C@@H](C)[C@H]1CC[C@H]2[C@@H]3CC[C@H]4N(C)CCC[C@]4(C)[C@H]3CC[C@]12C)C(C)C. The van der Waals surface area contributed by atoms with Crippen molar-refractivity contribution in [3.63, 3.8) is 0 Å². The van der Waals surface area contributed by atoms with Gasteiger partial charge in [0, 0.05) is 6.04 Å². The predicted octanol–water partition coefficient (Wildman–Crippen LogP) is 8.04. The second kappa shape index (κ2) is 8.72. The van der Waals surface area contributed by atoms with Gasteiger partial charge in [-0.25, -0.2) is 0 Å². The lowest BCUT2D eigenvalue weighted by Gasteiger charge is -2.62. The van der Waals surface area contributed by atoms with Crippen LogP contribution in [0.4, 0.5) is 0 Å². The van der Waals surface area contributed by atoms with E-state index in [2.05, 4.69) is 53.5 Å². The largest absolute Gasteiger partial charge is 0.303 e. The van der Waals surface area contributed by atoms with Gasteiger partial charge in [-0.2, -0.15) is 0 Å². The van der Waals surface area contributed by atoms with E-state index in [-0.39, 0.29) is 0 Å². The fourth-order valence-electron chi connectivity index (χ4n) is 10.0. The van der Waals surface area contributed by atoms with Gasteiger partial charge in [-0.15, -0.1) is 0 Å². The summed E-state index contributed by atoms with van der Waals surface area (Å²) in [6, 6.07) is 0.870. The van der Waals surface area contributed by atoms with E-state index in [0.29, 0.717) is 10.8 Å². The first-order valence-electron chi connectivity index (χ1n) is 13.9. The second-order valence-electron chi connectivity index (χ2n) is 13.3. The Morgan fingerprint density at radius 1 is 0.867 bits per heavy atom. The highest BCUT2D eigenvalue weighted by atomic mass is 15.2. The zero-order valence-electron chi connectivity index (χ0n) is 21.6. The van der Waals surface area contributed by atoms with E-state index in [9.17, 15) is 0 Å². The summed E-state index contributed by atoms with van der Waals surface area (Å²) >= 11 is 0. The molecule has 1 aliphatic heterocycles. The van der Waals surface area contributed by atoms with Gasteiger partial charge in [-0.05, 0) is 124 Å². The maximum atomic E-state index is 2.75. The molecule has 3 aliphatic carbocycles. The van der Waals surface area contributed by atoms with E-state index in [0.717, 1.165) is 47.5 Å². The quantitative estimate of drug-likeness (QED) is 0.424. The molecule has 0 aromatic heterocycles. The highest BCUT2D eigenvalue weighted by Gasteiger charge is 2.60. The standard InChI is InChI=1S/C29H53N/c1-8-22(20(2)3)11-10-21(4)24-13-14-25-23-12-15-27-29(6,17-9-19-30(27)7)26(23)16-18-28(24,25)5/h20-27H,8-19H2,1-7H3/t21-,22-,23+,24-,25+,26+,27-,28-,29-/m1/s1. The molecule has 0 aromatic carbocycles.